The fourth-order valence-electron chi connectivity index (χ4n) is 5.49. The van der Waals surface area contributed by atoms with Crippen LogP contribution >= 0.6 is 0 Å². The van der Waals surface area contributed by atoms with Crippen molar-refractivity contribution in [2.45, 2.75) is 155 Å². The van der Waals surface area contributed by atoms with E-state index in [1.54, 1.807) is 6.07 Å². The molecule has 1 aliphatic carbocycles. The second-order valence-electron chi connectivity index (χ2n) is 11.0. The minimum Gasteiger partial charge on any atom is -0.488 e. The Morgan fingerprint density at radius 1 is 0.800 bits per heavy atom. The van der Waals surface area contributed by atoms with Gasteiger partial charge in [0.2, 0.25) is 5.43 Å². The highest BCUT2D eigenvalue weighted by atomic mass is 16.5. The van der Waals surface area contributed by atoms with Crippen LogP contribution in [0.4, 0.5) is 0 Å². The number of unbranched alkanes of at least 4 members (excludes halogenated alkanes) is 15. The number of rotatable bonds is 21. The Kier molecular flexibility index (Phi) is 17.0. The summed E-state index contributed by atoms with van der Waals surface area (Å²) in [6.07, 6.45) is 29.9. The molecular formula is C31H55NO3. The molecule has 1 heterocycles. The first-order valence-electron chi connectivity index (χ1n) is 15.2. The predicted octanol–water partition coefficient (Wildman–Crippen LogP) is 8.56. The van der Waals surface area contributed by atoms with Crippen molar-refractivity contribution < 1.29 is 9.84 Å². The van der Waals surface area contributed by atoms with Gasteiger partial charge in [-0.15, -0.1) is 0 Å². The molecule has 1 saturated carbocycles. The van der Waals surface area contributed by atoms with E-state index < -0.39 is 0 Å². The van der Waals surface area contributed by atoms with Crippen LogP contribution in [0.2, 0.25) is 0 Å². The SMILES string of the molecule is CCCCCCCCCCCCCCCCCCOc1cn(CC2CCCCC2)c(CO)cc1=O. The largest absolute Gasteiger partial charge is 0.488 e. The van der Waals surface area contributed by atoms with E-state index in [0.717, 1.165) is 13.0 Å². The fraction of sp³-hybridized carbons (Fsp3) is 0.839. The molecule has 35 heavy (non-hydrogen) atoms. The highest BCUT2D eigenvalue weighted by Crippen LogP contribution is 2.26. The third kappa shape index (κ3) is 13.6. The van der Waals surface area contributed by atoms with Gasteiger partial charge in [-0.1, -0.05) is 122 Å². The highest BCUT2D eigenvalue weighted by molar-refractivity contribution is 5.22. The lowest BCUT2D eigenvalue weighted by molar-refractivity contribution is 0.253. The molecule has 0 bridgehead atoms. The third-order valence-corrected chi connectivity index (χ3v) is 7.78. The average molecular weight is 490 g/mol. The van der Waals surface area contributed by atoms with E-state index in [0.29, 0.717) is 24.0 Å². The van der Waals surface area contributed by atoms with Gasteiger partial charge in [-0.2, -0.15) is 0 Å². The Balaban J connectivity index is 1.48. The summed E-state index contributed by atoms with van der Waals surface area (Å²) in [5.41, 5.74) is 0.598. The second-order valence-corrected chi connectivity index (χ2v) is 11.0. The average Bonchev–Trinajstić information content (AvgIpc) is 2.88. The van der Waals surface area contributed by atoms with Crippen molar-refractivity contribution in [3.8, 4) is 5.75 Å². The molecule has 202 valence electrons. The normalized spacial score (nSPS) is 14.5. The summed E-state index contributed by atoms with van der Waals surface area (Å²) >= 11 is 0. The summed E-state index contributed by atoms with van der Waals surface area (Å²) in [5.74, 6) is 1.09. The van der Waals surface area contributed by atoms with Crippen LogP contribution in [0.15, 0.2) is 17.1 Å². The molecule has 4 heteroatoms. The molecule has 1 aliphatic rings. The molecule has 1 aromatic rings. The first kappa shape index (κ1) is 29.9. The van der Waals surface area contributed by atoms with Crippen LogP contribution in [-0.4, -0.2) is 16.3 Å². The Labute approximate surface area is 215 Å². The van der Waals surface area contributed by atoms with E-state index in [1.165, 1.54) is 128 Å². The molecule has 0 saturated heterocycles. The predicted molar refractivity (Wildman–Crippen MR) is 148 cm³/mol. The van der Waals surface area contributed by atoms with Gasteiger partial charge in [-0.25, -0.2) is 0 Å². The Morgan fingerprint density at radius 2 is 1.31 bits per heavy atom. The zero-order valence-corrected chi connectivity index (χ0v) is 22.9. The van der Waals surface area contributed by atoms with Crippen molar-refractivity contribution in [1.82, 2.24) is 4.57 Å². The smallest absolute Gasteiger partial charge is 0.223 e. The maximum atomic E-state index is 12.4. The molecule has 0 unspecified atom stereocenters. The molecule has 1 aromatic heterocycles. The molecular weight excluding hydrogens is 434 g/mol. The Hall–Kier alpha value is -1.29. The van der Waals surface area contributed by atoms with Crippen molar-refractivity contribution in [3.63, 3.8) is 0 Å². The molecule has 0 spiro atoms. The lowest BCUT2D eigenvalue weighted by atomic mass is 9.89. The number of pyridine rings is 1. The molecule has 2 rings (SSSR count). The van der Waals surface area contributed by atoms with Crippen molar-refractivity contribution in [2.24, 2.45) is 5.92 Å². The monoisotopic (exact) mass is 489 g/mol. The molecule has 0 radical (unpaired) electrons. The minimum atomic E-state index is -0.106. The number of aliphatic hydroxyl groups is 1. The van der Waals surface area contributed by atoms with Crippen LogP contribution in [0.25, 0.3) is 0 Å². The fourth-order valence-corrected chi connectivity index (χ4v) is 5.49. The zero-order chi connectivity index (χ0) is 25.0. The van der Waals surface area contributed by atoms with E-state index in [-0.39, 0.29) is 12.0 Å². The molecule has 4 nitrogen and oxygen atoms in total. The molecule has 0 atom stereocenters. The second kappa shape index (κ2) is 19.8. The van der Waals surface area contributed by atoms with Crippen LogP contribution in [-0.2, 0) is 13.2 Å². The Bertz CT molecular complexity index is 693. The minimum absolute atomic E-state index is 0.0959. The van der Waals surface area contributed by atoms with E-state index in [2.05, 4.69) is 11.5 Å². The van der Waals surface area contributed by atoms with Crippen molar-refractivity contribution in [3.05, 3.63) is 28.2 Å². The number of ether oxygens (including phenoxy) is 1. The summed E-state index contributed by atoms with van der Waals surface area (Å²) < 4.78 is 7.93. The highest BCUT2D eigenvalue weighted by Gasteiger charge is 2.16. The number of nitrogens with zero attached hydrogens (tertiary/aromatic N) is 1. The van der Waals surface area contributed by atoms with E-state index in [9.17, 15) is 9.90 Å². The van der Waals surface area contributed by atoms with Gasteiger partial charge >= 0.3 is 0 Å². The van der Waals surface area contributed by atoms with Crippen LogP contribution in [0, 0.1) is 5.92 Å². The first-order valence-corrected chi connectivity index (χ1v) is 15.2. The van der Waals surface area contributed by atoms with Gasteiger partial charge in [-0.3, -0.25) is 4.79 Å². The van der Waals surface area contributed by atoms with Crippen LogP contribution in [0.1, 0.15) is 147 Å². The summed E-state index contributed by atoms with van der Waals surface area (Å²) in [5, 5.41) is 9.69. The van der Waals surface area contributed by atoms with E-state index in [4.69, 9.17) is 4.74 Å². The van der Waals surface area contributed by atoms with Gasteiger partial charge in [0.05, 0.1) is 19.4 Å². The number of aliphatic hydroxyl groups excluding tert-OH is 1. The van der Waals surface area contributed by atoms with Gasteiger partial charge in [-0.05, 0) is 25.2 Å². The topological polar surface area (TPSA) is 51.5 Å². The maximum absolute atomic E-state index is 12.4. The number of aromatic nitrogens is 1. The zero-order valence-electron chi connectivity index (χ0n) is 22.9. The molecule has 0 amide bonds. The van der Waals surface area contributed by atoms with E-state index in [1.807, 2.05) is 6.20 Å². The first-order chi connectivity index (χ1) is 17.2. The van der Waals surface area contributed by atoms with Gasteiger partial charge in [0, 0.05) is 18.3 Å². The summed E-state index contributed by atoms with van der Waals surface area (Å²) in [6.45, 7) is 3.67. The molecule has 0 aromatic carbocycles. The number of hydrogen-bond donors (Lipinski definition) is 1. The lowest BCUT2D eigenvalue weighted by Gasteiger charge is -2.24. The third-order valence-electron chi connectivity index (χ3n) is 7.78. The van der Waals surface area contributed by atoms with Gasteiger partial charge < -0.3 is 14.4 Å². The van der Waals surface area contributed by atoms with Crippen molar-refractivity contribution in [2.75, 3.05) is 6.61 Å². The Morgan fingerprint density at radius 3 is 1.83 bits per heavy atom. The van der Waals surface area contributed by atoms with Gasteiger partial charge in [0.15, 0.2) is 5.75 Å². The van der Waals surface area contributed by atoms with Crippen LogP contribution in [0.5, 0.6) is 5.75 Å². The summed E-state index contributed by atoms with van der Waals surface area (Å²) in [6, 6.07) is 1.56. The van der Waals surface area contributed by atoms with Crippen LogP contribution in [0.3, 0.4) is 0 Å². The van der Waals surface area contributed by atoms with Gasteiger partial charge in [0.1, 0.15) is 0 Å². The quantitative estimate of drug-likeness (QED) is 0.176. The van der Waals surface area contributed by atoms with Crippen LogP contribution < -0.4 is 10.2 Å². The molecule has 0 aliphatic heterocycles. The van der Waals surface area contributed by atoms with Crippen molar-refractivity contribution in [1.29, 1.82) is 0 Å². The van der Waals surface area contributed by atoms with Crippen molar-refractivity contribution >= 4 is 0 Å². The van der Waals surface area contributed by atoms with Gasteiger partial charge in [0.25, 0.3) is 0 Å². The molecule has 1 fully saturated rings. The van der Waals surface area contributed by atoms with E-state index >= 15 is 0 Å². The molecule has 1 N–H and O–H groups in total. The summed E-state index contributed by atoms with van der Waals surface area (Å²) in [4.78, 5) is 12.4. The number of hydrogen-bond acceptors (Lipinski definition) is 3. The standard InChI is InChI=1S/C31H55NO3/c1-2-3-4-5-6-7-8-9-10-11-12-13-14-15-16-20-23-35-31-26-32(29(27-33)24-30(31)34)25-28-21-18-17-19-22-28/h24,26,28,33H,2-23,25,27H2,1H3. The maximum Gasteiger partial charge on any atom is 0.223 e. The summed E-state index contributed by atoms with van der Waals surface area (Å²) in [7, 11) is 0. The lowest BCUT2D eigenvalue weighted by Crippen LogP contribution is -2.20.